The number of anilines is 1. The Morgan fingerprint density at radius 3 is 2.90 bits per heavy atom. The molecule has 6 heteroatoms. The van der Waals surface area contributed by atoms with Crippen molar-refractivity contribution >= 4 is 11.8 Å². The minimum Gasteiger partial charge on any atom is -0.481 e. The van der Waals surface area contributed by atoms with Crippen LogP contribution in [0.2, 0.25) is 0 Å². The Morgan fingerprint density at radius 1 is 1.45 bits per heavy atom. The Balaban J connectivity index is 1.66. The van der Waals surface area contributed by atoms with Crippen LogP contribution in [0.15, 0.2) is 6.07 Å². The van der Waals surface area contributed by atoms with Crippen LogP contribution in [0.1, 0.15) is 36.7 Å². The lowest BCUT2D eigenvalue weighted by Crippen LogP contribution is -2.39. The molecule has 2 fully saturated rings. The van der Waals surface area contributed by atoms with E-state index in [4.69, 9.17) is 9.84 Å². The van der Waals surface area contributed by atoms with E-state index in [9.17, 15) is 4.79 Å². The zero-order chi connectivity index (χ0) is 14.1. The van der Waals surface area contributed by atoms with Gasteiger partial charge < -0.3 is 15.2 Å². The maximum absolute atomic E-state index is 10.8. The van der Waals surface area contributed by atoms with Crippen molar-refractivity contribution in [3.05, 3.63) is 17.6 Å². The van der Waals surface area contributed by atoms with E-state index in [1.54, 1.807) is 0 Å². The van der Waals surface area contributed by atoms with Gasteiger partial charge >= 0.3 is 5.97 Å². The summed E-state index contributed by atoms with van der Waals surface area (Å²) in [5, 5.41) is 12.2. The van der Waals surface area contributed by atoms with Crippen molar-refractivity contribution in [3.8, 4) is 0 Å². The second-order valence-electron chi connectivity index (χ2n) is 5.63. The zero-order valence-electron chi connectivity index (χ0n) is 11.5. The zero-order valence-corrected chi connectivity index (χ0v) is 11.5. The van der Waals surface area contributed by atoms with Gasteiger partial charge in [-0.25, -0.2) is 9.97 Å². The number of nitrogens with zero attached hydrogens (tertiary/aromatic N) is 2. The third-order valence-corrected chi connectivity index (χ3v) is 4.05. The number of aryl methyl sites for hydroxylation is 1. The van der Waals surface area contributed by atoms with Crippen LogP contribution >= 0.6 is 0 Å². The molecule has 1 saturated heterocycles. The van der Waals surface area contributed by atoms with Crippen LogP contribution in [0.4, 0.5) is 5.82 Å². The van der Waals surface area contributed by atoms with Gasteiger partial charge in [-0.05, 0) is 26.2 Å². The highest BCUT2D eigenvalue weighted by Crippen LogP contribution is 2.31. The first-order chi connectivity index (χ1) is 9.61. The highest BCUT2D eigenvalue weighted by Gasteiger charge is 2.34. The lowest BCUT2D eigenvalue weighted by atomic mass is 9.80. The van der Waals surface area contributed by atoms with Gasteiger partial charge in [0.2, 0.25) is 0 Å². The third kappa shape index (κ3) is 2.75. The summed E-state index contributed by atoms with van der Waals surface area (Å²) in [5.41, 5.74) is 1.02. The van der Waals surface area contributed by atoms with E-state index in [0.29, 0.717) is 18.8 Å². The largest absolute Gasteiger partial charge is 0.481 e. The minimum absolute atomic E-state index is 0.207. The molecule has 108 valence electrons. The van der Waals surface area contributed by atoms with Crippen LogP contribution in [0.25, 0.3) is 0 Å². The number of hydrogen-bond donors (Lipinski definition) is 2. The lowest BCUT2D eigenvalue weighted by Gasteiger charge is -2.33. The van der Waals surface area contributed by atoms with Crippen molar-refractivity contribution in [3.63, 3.8) is 0 Å². The lowest BCUT2D eigenvalue weighted by molar-refractivity contribution is -0.144. The first-order valence-corrected chi connectivity index (χ1v) is 7.04. The maximum Gasteiger partial charge on any atom is 0.306 e. The van der Waals surface area contributed by atoms with Gasteiger partial charge in [-0.2, -0.15) is 0 Å². The van der Waals surface area contributed by atoms with Crippen molar-refractivity contribution < 1.29 is 14.6 Å². The van der Waals surface area contributed by atoms with Gasteiger partial charge in [0.05, 0.1) is 18.2 Å². The molecule has 1 aromatic heterocycles. The molecule has 1 atom stereocenters. The van der Waals surface area contributed by atoms with Crippen LogP contribution in [0.5, 0.6) is 0 Å². The van der Waals surface area contributed by atoms with E-state index in [0.717, 1.165) is 37.0 Å². The number of aliphatic carboxylic acids is 1. The molecule has 1 aromatic rings. The van der Waals surface area contributed by atoms with E-state index in [-0.39, 0.29) is 12.0 Å². The van der Waals surface area contributed by atoms with Crippen molar-refractivity contribution in [1.29, 1.82) is 0 Å². The number of carboxylic acid groups (broad SMARTS) is 1. The fourth-order valence-corrected chi connectivity index (χ4v) is 2.79. The van der Waals surface area contributed by atoms with Gasteiger partial charge in [0, 0.05) is 24.6 Å². The van der Waals surface area contributed by atoms with E-state index >= 15 is 0 Å². The first-order valence-electron chi connectivity index (χ1n) is 7.04. The van der Waals surface area contributed by atoms with Crippen LogP contribution in [-0.4, -0.2) is 40.3 Å². The van der Waals surface area contributed by atoms with Gasteiger partial charge in [-0.3, -0.25) is 4.79 Å². The molecule has 20 heavy (non-hydrogen) atoms. The molecule has 2 aliphatic rings. The fourth-order valence-electron chi connectivity index (χ4n) is 2.79. The molecule has 1 aliphatic carbocycles. The highest BCUT2D eigenvalue weighted by atomic mass is 16.5. The van der Waals surface area contributed by atoms with Crippen LogP contribution in [0, 0.1) is 12.8 Å². The van der Waals surface area contributed by atoms with E-state index in [1.807, 2.05) is 13.0 Å². The van der Waals surface area contributed by atoms with E-state index in [2.05, 4.69) is 15.3 Å². The van der Waals surface area contributed by atoms with Gasteiger partial charge in [-0.15, -0.1) is 0 Å². The van der Waals surface area contributed by atoms with Gasteiger partial charge in [0.15, 0.2) is 0 Å². The average Bonchev–Trinajstić information content (AvgIpc) is 2.85. The number of carboxylic acids is 1. The molecular weight excluding hydrogens is 258 g/mol. The summed E-state index contributed by atoms with van der Waals surface area (Å²) in [7, 11) is 0. The van der Waals surface area contributed by atoms with Crippen molar-refractivity contribution in [1.82, 2.24) is 9.97 Å². The monoisotopic (exact) mass is 277 g/mol. The molecule has 3 rings (SSSR count). The molecule has 0 unspecified atom stereocenters. The van der Waals surface area contributed by atoms with Crippen LogP contribution < -0.4 is 5.32 Å². The number of ether oxygens (including phenoxy) is 1. The highest BCUT2D eigenvalue weighted by molar-refractivity contribution is 5.71. The van der Waals surface area contributed by atoms with E-state index in [1.165, 1.54) is 0 Å². The summed E-state index contributed by atoms with van der Waals surface area (Å²) < 4.78 is 5.40. The maximum atomic E-state index is 10.8. The molecular formula is C14H19N3O3. The molecule has 0 bridgehead atoms. The second kappa shape index (κ2) is 5.36. The Bertz CT molecular complexity index is 508. The fraction of sp³-hybridized carbons (Fsp3) is 0.643. The standard InChI is InChI=1S/C14H19N3O3/c1-8-15-12(9-2-3-20-7-9)6-13(16-8)17-11-4-10(5-11)14(18)19/h6,9-11H,2-5,7H2,1H3,(H,18,19)(H,15,16,17)/t9-,10?,11?/m1/s1. The van der Waals surface area contributed by atoms with Gasteiger partial charge in [0.1, 0.15) is 11.6 Å². The average molecular weight is 277 g/mol. The molecule has 0 aromatic carbocycles. The third-order valence-electron chi connectivity index (χ3n) is 4.05. The molecule has 0 amide bonds. The molecule has 1 aliphatic heterocycles. The molecule has 6 nitrogen and oxygen atoms in total. The summed E-state index contributed by atoms with van der Waals surface area (Å²) in [4.78, 5) is 19.7. The summed E-state index contributed by atoms with van der Waals surface area (Å²) in [5.74, 6) is 0.980. The van der Waals surface area contributed by atoms with Crippen LogP contribution in [0.3, 0.4) is 0 Å². The van der Waals surface area contributed by atoms with Gasteiger partial charge in [-0.1, -0.05) is 0 Å². The SMILES string of the molecule is Cc1nc(NC2CC(C(=O)O)C2)cc([C@@H]2CCOC2)n1. The Kier molecular flexibility index (Phi) is 3.56. The minimum atomic E-state index is -0.703. The molecule has 1 saturated carbocycles. The number of nitrogens with one attached hydrogen (secondary N) is 1. The summed E-state index contributed by atoms with van der Waals surface area (Å²) >= 11 is 0. The second-order valence-corrected chi connectivity index (χ2v) is 5.63. The molecule has 0 spiro atoms. The number of hydrogen-bond acceptors (Lipinski definition) is 5. The Hall–Kier alpha value is -1.69. The normalized spacial score (nSPS) is 28.9. The summed E-state index contributed by atoms with van der Waals surface area (Å²) in [6, 6.07) is 2.18. The smallest absolute Gasteiger partial charge is 0.306 e. The topological polar surface area (TPSA) is 84.3 Å². The Labute approximate surface area is 117 Å². The van der Waals surface area contributed by atoms with Crippen molar-refractivity contribution in [2.45, 2.75) is 38.1 Å². The predicted molar refractivity (Wildman–Crippen MR) is 72.7 cm³/mol. The summed E-state index contributed by atoms with van der Waals surface area (Å²) in [6.45, 7) is 3.39. The molecule has 2 heterocycles. The quantitative estimate of drug-likeness (QED) is 0.869. The Morgan fingerprint density at radius 2 is 2.25 bits per heavy atom. The number of aromatic nitrogens is 2. The number of carbonyl (C=O) groups is 1. The number of rotatable bonds is 4. The predicted octanol–water partition coefficient (Wildman–Crippen LogP) is 1.56. The van der Waals surface area contributed by atoms with E-state index < -0.39 is 5.97 Å². The molecule has 2 N–H and O–H groups in total. The van der Waals surface area contributed by atoms with Crippen molar-refractivity contribution in [2.75, 3.05) is 18.5 Å². The first kappa shape index (κ1) is 13.3. The summed E-state index contributed by atoms with van der Waals surface area (Å²) in [6.07, 6.45) is 2.33. The van der Waals surface area contributed by atoms with Crippen LogP contribution in [-0.2, 0) is 9.53 Å². The molecule has 0 radical (unpaired) electrons. The van der Waals surface area contributed by atoms with Gasteiger partial charge in [0.25, 0.3) is 0 Å². The van der Waals surface area contributed by atoms with Crippen molar-refractivity contribution in [2.24, 2.45) is 5.92 Å².